The van der Waals surface area contributed by atoms with Crippen LogP contribution in [-0.4, -0.2) is 7.11 Å². The summed E-state index contributed by atoms with van der Waals surface area (Å²) >= 11 is 0. The standard InChI is InChI=1S/C27H20O/c1-28-24-16-9-19(10-17-24)6-7-20-8-11-22-13-15-23-14-12-21-4-2-3-5-25(21)27(23)26(22)18-20/h2-18H,1H3/b7-6+. The summed E-state index contributed by atoms with van der Waals surface area (Å²) < 4.78 is 5.23. The fourth-order valence-corrected chi connectivity index (χ4v) is 3.85. The van der Waals surface area contributed by atoms with Crippen LogP contribution >= 0.6 is 0 Å². The van der Waals surface area contributed by atoms with E-state index in [1.165, 1.54) is 37.9 Å². The summed E-state index contributed by atoms with van der Waals surface area (Å²) in [6, 6.07) is 32.3. The summed E-state index contributed by atoms with van der Waals surface area (Å²) in [5, 5.41) is 7.76. The summed E-state index contributed by atoms with van der Waals surface area (Å²) in [7, 11) is 1.69. The number of ether oxygens (including phenoxy) is 1. The van der Waals surface area contributed by atoms with Crippen LogP contribution < -0.4 is 4.74 Å². The van der Waals surface area contributed by atoms with Gasteiger partial charge >= 0.3 is 0 Å². The van der Waals surface area contributed by atoms with E-state index in [1.807, 2.05) is 12.1 Å². The molecule has 0 aliphatic carbocycles. The van der Waals surface area contributed by atoms with Crippen LogP contribution in [0.5, 0.6) is 5.75 Å². The molecule has 0 amide bonds. The first-order chi connectivity index (χ1) is 13.8. The van der Waals surface area contributed by atoms with Crippen LogP contribution in [-0.2, 0) is 0 Å². The third kappa shape index (κ3) is 2.91. The molecule has 0 saturated heterocycles. The van der Waals surface area contributed by atoms with Crippen molar-refractivity contribution < 1.29 is 4.74 Å². The van der Waals surface area contributed by atoms with Gasteiger partial charge in [-0.25, -0.2) is 0 Å². The van der Waals surface area contributed by atoms with E-state index in [-0.39, 0.29) is 0 Å². The van der Waals surface area contributed by atoms with Crippen LogP contribution in [0, 0.1) is 0 Å². The Hall–Kier alpha value is -3.58. The second-order valence-corrected chi connectivity index (χ2v) is 7.04. The van der Waals surface area contributed by atoms with Crippen LogP contribution in [0.4, 0.5) is 0 Å². The average molecular weight is 360 g/mol. The Balaban J connectivity index is 1.65. The number of fused-ring (bicyclic) bond motifs is 5. The fourth-order valence-electron chi connectivity index (χ4n) is 3.85. The molecule has 0 atom stereocenters. The van der Waals surface area contributed by atoms with E-state index >= 15 is 0 Å². The van der Waals surface area contributed by atoms with Gasteiger partial charge in [0.2, 0.25) is 0 Å². The molecule has 28 heavy (non-hydrogen) atoms. The molecule has 134 valence electrons. The molecule has 0 N–H and O–H groups in total. The van der Waals surface area contributed by atoms with Crippen molar-refractivity contribution in [1.82, 2.24) is 0 Å². The van der Waals surface area contributed by atoms with E-state index < -0.39 is 0 Å². The second-order valence-electron chi connectivity index (χ2n) is 7.04. The first kappa shape index (κ1) is 16.6. The van der Waals surface area contributed by atoms with Gasteiger partial charge < -0.3 is 4.74 Å². The molecule has 5 aromatic rings. The molecule has 1 nitrogen and oxygen atoms in total. The summed E-state index contributed by atoms with van der Waals surface area (Å²) in [4.78, 5) is 0. The number of hydrogen-bond acceptors (Lipinski definition) is 1. The first-order valence-corrected chi connectivity index (χ1v) is 9.48. The zero-order chi connectivity index (χ0) is 18.9. The third-order valence-electron chi connectivity index (χ3n) is 5.33. The lowest BCUT2D eigenvalue weighted by molar-refractivity contribution is 0.415. The zero-order valence-corrected chi connectivity index (χ0v) is 15.7. The minimum Gasteiger partial charge on any atom is -0.497 e. The molecule has 0 bridgehead atoms. The van der Waals surface area contributed by atoms with Gasteiger partial charge in [-0.2, -0.15) is 0 Å². The maximum absolute atomic E-state index is 5.23. The van der Waals surface area contributed by atoms with Gasteiger partial charge in [0, 0.05) is 0 Å². The lowest BCUT2D eigenvalue weighted by Gasteiger charge is -2.09. The van der Waals surface area contributed by atoms with E-state index in [1.54, 1.807) is 7.11 Å². The highest BCUT2D eigenvalue weighted by Gasteiger charge is 2.05. The quantitative estimate of drug-likeness (QED) is 0.242. The highest BCUT2D eigenvalue weighted by atomic mass is 16.5. The monoisotopic (exact) mass is 360 g/mol. The van der Waals surface area contributed by atoms with Crippen molar-refractivity contribution in [3.63, 3.8) is 0 Å². The highest BCUT2D eigenvalue weighted by molar-refractivity contribution is 6.20. The number of methoxy groups -OCH3 is 1. The lowest BCUT2D eigenvalue weighted by Crippen LogP contribution is -1.83. The number of benzene rings is 5. The van der Waals surface area contributed by atoms with Crippen molar-refractivity contribution in [3.8, 4) is 5.75 Å². The van der Waals surface area contributed by atoms with Crippen molar-refractivity contribution in [1.29, 1.82) is 0 Å². The van der Waals surface area contributed by atoms with Gasteiger partial charge in [-0.15, -0.1) is 0 Å². The predicted molar refractivity (Wildman–Crippen MR) is 121 cm³/mol. The Morgan fingerprint density at radius 2 is 1.18 bits per heavy atom. The fraction of sp³-hybridized carbons (Fsp3) is 0.0370. The van der Waals surface area contributed by atoms with Gasteiger partial charge in [-0.3, -0.25) is 0 Å². The number of hydrogen-bond donors (Lipinski definition) is 0. The smallest absolute Gasteiger partial charge is 0.118 e. The van der Waals surface area contributed by atoms with Gasteiger partial charge in [0.1, 0.15) is 5.75 Å². The Morgan fingerprint density at radius 1 is 0.571 bits per heavy atom. The Labute approximate surface area is 164 Å². The van der Waals surface area contributed by atoms with E-state index in [0.29, 0.717) is 0 Å². The molecule has 5 rings (SSSR count). The van der Waals surface area contributed by atoms with Crippen molar-refractivity contribution in [2.45, 2.75) is 0 Å². The van der Waals surface area contributed by atoms with Gasteiger partial charge in [0.05, 0.1) is 7.11 Å². The van der Waals surface area contributed by atoms with Crippen molar-refractivity contribution in [2.24, 2.45) is 0 Å². The summed E-state index contributed by atoms with van der Waals surface area (Å²) in [6.45, 7) is 0. The van der Waals surface area contributed by atoms with Crippen molar-refractivity contribution in [2.75, 3.05) is 7.11 Å². The van der Waals surface area contributed by atoms with Crippen LogP contribution in [0.2, 0.25) is 0 Å². The van der Waals surface area contributed by atoms with Crippen LogP contribution in [0.15, 0.2) is 91.0 Å². The molecule has 0 fully saturated rings. The van der Waals surface area contributed by atoms with Crippen molar-refractivity contribution in [3.05, 3.63) is 102 Å². The third-order valence-corrected chi connectivity index (χ3v) is 5.33. The Kier molecular flexibility index (Phi) is 4.06. The maximum atomic E-state index is 5.23. The predicted octanol–water partition coefficient (Wildman–Crippen LogP) is 7.33. The molecule has 0 radical (unpaired) electrons. The lowest BCUT2D eigenvalue weighted by atomic mass is 9.95. The summed E-state index contributed by atoms with van der Waals surface area (Å²) in [5.41, 5.74) is 2.35. The Morgan fingerprint density at radius 3 is 1.96 bits per heavy atom. The van der Waals surface area contributed by atoms with E-state index in [9.17, 15) is 0 Å². The molecule has 0 spiro atoms. The van der Waals surface area contributed by atoms with Crippen LogP contribution in [0.3, 0.4) is 0 Å². The maximum Gasteiger partial charge on any atom is 0.118 e. The number of rotatable bonds is 3. The normalized spacial score (nSPS) is 11.6. The molecule has 1 heteroatoms. The average Bonchev–Trinajstić information content (AvgIpc) is 2.77. The van der Waals surface area contributed by atoms with Crippen LogP contribution in [0.1, 0.15) is 11.1 Å². The Bertz CT molecular complexity index is 1320. The zero-order valence-electron chi connectivity index (χ0n) is 15.7. The summed E-state index contributed by atoms with van der Waals surface area (Å²) in [5.74, 6) is 0.876. The summed E-state index contributed by atoms with van der Waals surface area (Å²) in [6.07, 6.45) is 4.31. The SMILES string of the molecule is COc1ccc(/C=C/c2ccc3ccc4ccc5ccccc5c4c3c2)cc1. The largest absolute Gasteiger partial charge is 0.497 e. The molecule has 0 aromatic heterocycles. The molecule has 0 unspecified atom stereocenters. The van der Waals surface area contributed by atoms with Gasteiger partial charge in [0.15, 0.2) is 0 Å². The minimum atomic E-state index is 0.876. The molecular formula is C27H20O. The topological polar surface area (TPSA) is 9.23 Å². The van der Waals surface area contributed by atoms with Gasteiger partial charge in [-0.1, -0.05) is 84.9 Å². The molecule has 5 aromatic carbocycles. The minimum absolute atomic E-state index is 0.876. The van der Waals surface area contributed by atoms with Crippen molar-refractivity contribution >= 4 is 44.5 Å². The highest BCUT2D eigenvalue weighted by Crippen LogP contribution is 2.33. The molecule has 0 saturated carbocycles. The van der Waals surface area contributed by atoms with Gasteiger partial charge in [-0.05, 0) is 61.6 Å². The molecule has 0 heterocycles. The molecule has 0 aliphatic rings. The van der Waals surface area contributed by atoms with E-state index in [2.05, 4.69) is 91.0 Å². The first-order valence-electron chi connectivity index (χ1n) is 9.48. The van der Waals surface area contributed by atoms with Gasteiger partial charge in [0.25, 0.3) is 0 Å². The van der Waals surface area contributed by atoms with Crippen LogP contribution in [0.25, 0.3) is 44.5 Å². The molecular weight excluding hydrogens is 340 g/mol. The second kappa shape index (κ2) is 6.86. The van der Waals surface area contributed by atoms with E-state index in [4.69, 9.17) is 4.74 Å². The van der Waals surface area contributed by atoms with E-state index in [0.717, 1.165) is 11.3 Å². The molecule has 0 aliphatic heterocycles.